The molecule has 25 heteroatoms. The lowest BCUT2D eigenvalue weighted by molar-refractivity contribution is -0.786. The predicted molar refractivity (Wildman–Crippen MR) is 493 cm³/mol. The second-order valence-electron chi connectivity index (χ2n) is 42.8. The summed E-state index contributed by atoms with van der Waals surface area (Å²) in [7, 11) is 16.7. The third-order valence-corrected chi connectivity index (χ3v) is 33.7. The maximum Gasteiger partial charge on any atom is 0.311 e. The van der Waals surface area contributed by atoms with Crippen LogP contribution >= 0.6 is 12.4 Å². The molecule has 8 bridgehead atoms. The van der Waals surface area contributed by atoms with Gasteiger partial charge in [-0.25, -0.2) is 39.1 Å². The molecule has 0 amide bonds. The van der Waals surface area contributed by atoms with Crippen LogP contribution in [0.2, 0.25) is 0 Å². The number of nitrogens with zero attached hydrogens (tertiary/aromatic N) is 3. The van der Waals surface area contributed by atoms with E-state index in [4.69, 9.17) is 81.7 Å². The summed E-state index contributed by atoms with van der Waals surface area (Å²) < 4.78 is 54.8. The van der Waals surface area contributed by atoms with E-state index in [0.29, 0.717) is 65.1 Å². The minimum Gasteiger partial charge on any atom is -1.00 e. The number of carbonyl (C=O) groups excluding carboxylic acids is 1. The molecule has 20 aliphatic rings. The summed E-state index contributed by atoms with van der Waals surface area (Å²) in [6.45, 7) is 24.4. The molecule has 722 valence electrons. The number of fused-ring (bicyclic) bond motifs is 8. The van der Waals surface area contributed by atoms with Gasteiger partial charge in [-0.15, -0.1) is 12.4 Å². The highest BCUT2D eigenvalue weighted by atomic mass is 35.5. The molecule has 16 aliphatic heterocycles. The van der Waals surface area contributed by atoms with Crippen molar-refractivity contribution >= 4 is 41.1 Å². The Bertz CT molecular complexity index is 4110. The van der Waals surface area contributed by atoms with Crippen molar-refractivity contribution in [1.82, 2.24) is 0 Å². The van der Waals surface area contributed by atoms with E-state index in [0.717, 1.165) is 161 Å². The number of hydrogen-bond acceptors (Lipinski definition) is 22. The standard InChI is InChI=1S/C25H37NO5.C25H35NO5.2C25H37NO4.C4H10O.2ClH/c2*1-16-8-13-21-19(7-5-6-17-9-11-18(12-10-17)26(3)4)22(27)28-23-25(21)20(16)14-15-24(2,29-23)30-31-25;2*1-17-8-13-22-19(7-5-6-18-9-11-20(12-10-18)26(3)4)16-27-23-25(22)21(17)14-15-24(2,28-23)29-30-25;1-3-5-4-2;;/h9-12,16,19-23,27H,5-8,13-15H2,1-4H3;9-12,16,19-21,23H,5-8,13-15H2,1-4H3;2*9-12,17,19,21-23H,5-8,13-16H2,1-4H3;3-4H2,1-2H3;2*1H/t16-,19-,20+,21+,22?,23-,24?,25?;16-,19-,20+,21+,23-,24?,25?;2*17-,19+,21+,22+,23-,24?,25?;;;/m1111.../s1. The van der Waals surface area contributed by atoms with Gasteiger partial charge in [0.2, 0.25) is 29.4 Å². The van der Waals surface area contributed by atoms with E-state index in [1.54, 1.807) is 0 Å². The van der Waals surface area contributed by atoms with Crippen LogP contribution < -0.4 is 32.0 Å². The van der Waals surface area contributed by atoms with Crippen molar-refractivity contribution in [3.8, 4) is 0 Å². The van der Waals surface area contributed by atoms with Gasteiger partial charge in [0.25, 0.3) is 0 Å². The first-order valence-corrected chi connectivity index (χ1v) is 49.6. The molecule has 16 heterocycles. The molecule has 2 N–H and O–H groups in total. The lowest BCUT2D eigenvalue weighted by Gasteiger charge is -2.60. The Hall–Kier alpha value is -4.39. The Morgan fingerprint density at radius 2 is 0.713 bits per heavy atom. The fraction of sp³-hybridized carbons (Fsp3) is 0.760. The van der Waals surface area contributed by atoms with Crippen molar-refractivity contribution in [3.05, 3.63) is 119 Å². The number of rotatable bonds is 22. The molecule has 29 atom stereocenters. The number of quaternary nitrogens is 1. The number of aliphatic hydroxyl groups is 1. The minimum absolute atomic E-state index is 0. The van der Waals surface area contributed by atoms with Crippen LogP contribution in [-0.4, -0.2) is 171 Å². The third-order valence-electron chi connectivity index (χ3n) is 33.7. The molecule has 0 radical (unpaired) electrons. The summed E-state index contributed by atoms with van der Waals surface area (Å²) in [6.07, 6.45) is 26.5. The summed E-state index contributed by atoms with van der Waals surface area (Å²) >= 11 is 0. The van der Waals surface area contributed by atoms with Gasteiger partial charge in [0, 0.05) is 134 Å². The van der Waals surface area contributed by atoms with E-state index in [1.165, 1.54) is 94.8 Å². The minimum atomic E-state index is -0.830. The quantitative estimate of drug-likeness (QED) is 0.0554. The van der Waals surface area contributed by atoms with Crippen molar-refractivity contribution in [2.45, 2.75) is 326 Å². The monoisotopic (exact) mass is 1840 g/mol. The fourth-order valence-corrected chi connectivity index (χ4v) is 26.3. The average Bonchev–Trinajstić information content (AvgIpc) is 1.64. The van der Waals surface area contributed by atoms with Gasteiger partial charge in [0.05, 0.1) is 33.2 Å². The molecule has 4 aliphatic carbocycles. The molecule has 0 aromatic heterocycles. The Morgan fingerprint density at radius 1 is 0.395 bits per heavy atom. The summed E-state index contributed by atoms with van der Waals surface area (Å²) in [5, 5.41) is 11.0. The van der Waals surface area contributed by atoms with Crippen LogP contribution in [0.1, 0.15) is 246 Å². The topological polar surface area (TPSA) is 208 Å². The van der Waals surface area contributed by atoms with E-state index < -0.39 is 64.4 Å². The van der Waals surface area contributed by atoms with E-state index in [9.17, 15) is 9.90 Å². The summed E-state index contributed by atoms with van der Waals surface area (Å²) in [5.41, 5.74) is 8.33. The SMILES string of the molecule is CCOCC.C[C@@H]1CC[C@H]2[C@@H](CCCc3ccc(N(C)C)cc3)C(=O)O[C@@H]3OC4(C)CC[C@@H]1C32OO4.C[C@@H]1CC[C@H]2[C@@H](CCCc3ccc(N(C)C)cc3)C(O)O[C@@H]3OC4(C)CC[C@@H]1C32OO4.C[C@@H]1CC[C@H]2[C@@H](CCCc3ccc(N(C)C)cc3)CO[C@@H]3OC4(C)CC[C@@H]1C32OO4.C[C@@H]1CC[C@H]2[C@@H](CCCc3ccc([NH+](C)C)cc3)CO[C@@H]3OC4(C)CC[C@@H]1C32OO4.Cl.[Cl-]. The van der Waals surface area contributed by atoms with Gasteiger partial charge >= 0.3 is 5.97 Å². The van der Waals surface area contributed by atoms with Crippen LogP contribution in [0.4, 0.5) is 22.7 Å². The summed E-state index contributed by atoms with van der Waals surface area (Å²) in [6, 6.07) is 35.4. The Labute approximate surface area is 783 Å². The first kappa shape index (κ1) is 101. The van der Waals surface area contributed by atoms with Crippen molar-refractivity contribution in [1.29, 1.82) is 0 Å². The molecule has 24 rings (SSSR count). The number of aliphatic hydroxyl groups excluding tert-OH is 1. The summed E-state index contributed by atoms with van der Waals surface area (Å²) in [4.78, 5) is 69.3. The molecule has 16 saturated heterocycles. The highest BCUT2D eigenvalue weighted by Crippen LogP contribution is 2.66. The Morgan fingerprint density at radius 3 is 1.07 bits per heavy atom. The zero-order valence-electron chi connectivity index (χ0n) is 80.9. The molecule has 129 heavy (non-hydrogen) atoms. The second kappa shape index (κ2) is 41.9. The lowest BCUT2D eigenvalue weighted by Crippen LogP contribution is -3.00. The van der Waals surface area contributed by atoms with Crippen molar-refractivity contribution in [2.75, 3.05) is 97.5 Å². The number of esters is 1. The maximum absolute atomic E-state index is 13.1. The predicted octanol–water partition coefficient (Wildman–Crippen LogP) is 15.8. The van der Waals surface area contributed by atoms with Crippen molar-refractivity contribution in [3.63, 3.8) is 0 Å². The summed E-state index contributed by atoms with van der Waals surface area (Å²) in [5.74, 6) is 2.77. The van der Waals surface area contributed by atoms with Gasteiger partial charge in [0.1, 0.15) is 5.69 Å². The highest BCUT2D eigenvalue weighted by Gasteiger charge is 2.74. The second-order valence-corrected chi connectivity index (χ2v) is 42.8. The Kier molecular flexibility index (Phi) is 32.7. The molecule has 4 aromatic carbocycles. The van der Waals surface area contributed by atoms with Crippen LogP contribution in [0.5, 0.6) is 0 Å². The number of ether oxygens (including phenoxy) is 9. The van der Waals surface area contributed by atoms with Crippen LogP contribution in [0, 0.1) is 94.7 Å². The molecule has 4 aromatic rings. The molecule has 4 spiro atoms. The zero-order valence-corrected chi connectivity index (χ0v) is 82.5. The first-order chi connectivity index (χ1) is 60.9. The Balaban J connectivity index is 0.000000136. The van der Waals surface area contributed by atoms with Crippen molar-refractivity contribution < 1.29 is 109 Å². The number of carbonyl (C=O) groups is 1. The first-order valence-electron chi connectivity index (χ1n) is 49.6. The molecule has 23 nitrogen and oxygen atoms in total. The molecule has 20 fully saturated rings. The largest absolute Gasteiger partial charge is 1.00 e. The van der Waals surface area contributed by atoms with Gasteiger partial charge in [-0.05, 0) is 320 Å². The molecular weight excluding hydrogens is 1680 g/mol. The number of benzene rings is 4. The van der Waals surface area contributed by atoms with Crippen LogP contribution in [0.25, 0.3) is 0 Å². The highest BCUT2D eigenvalue weighted by molar-refractivity contribution is 5.85. The average molecular weight is 1840 g/mol. The van der Waals surface area contributed by atoms with Gasteiger partial charge in [-0.3, -0.25) is 4.79 Å². The lowest BCUT2D eigenvalue weighted by atomic mass is 9.57. The smallest absolute Gasteiger partial charge is 0.311 e. The molecule has 9 unspecified atom stereocenters. The van der Waals surface area contributed by atoms with E-state index in [2.05, 4.69) is 182 Å². The fourth-order valence-electron chi connectivity index (χ4n) is 26.3. The molecular formula is C104H158Cl2N4O19. The van der Waals surface area contributed by atoms with Crippen LogP contribution in [0.3, 0.4) is 0 Å². The van der Waals surface area contributed by atoms with Crippen molar-refractivity contribution in [2.24, 2.45) is 94.7 Å². The normalized spacial score (nSPS) is 40.6. The number of aryl methyl sites for hydroxylation is 4. The number of halogens is 2. The van der Waals surface area contributed by atoms with Gasteiger partial charge in [0.15, 0.2) is 47.6 Å². The van der Waals surface area contributed by atoms with Gasteiger partial charge in [-0.2, -0.15) is 0 Å². The van der Waals surface area contributed by atoms with Crippen LogP contribution in [0.15, 0.2) is 97.1 Å². The van der Waals surface area contributed by atoms with E-state index >= 15 is 0 Å². The number of nitrogens with one attached hydrogen (secondary N) is 1. The third kappa shape index (κ3) is 20.4. The van der Waals surface area contributed by atoms with Gasteiger partial charge < -0.3 is 79.7 Å². The zero-order chi connectivity index (χ0) is 89.6. The van der Waals surface area contributed by atoms with Gasteiger partial charge in [-0.1, -0.05) is 76.2 Å². The molecule has 4 saturated carbocycles. The van der Waals surface area contributed by atoms with Crippen LogP contribution in [-0.2, 0) is 112 Å². The van der Waals surface area contributed by atoms with E-state index in [-0.39, 0.29) is 73.0 Å². The maximum atomic E-state index is 13.1. The number of anilines is 3. The number of hydrogen-bond donors (Lipinski definition) is 2. The van der Waals surface area contributed by atoms with E-state index in [1.807, 2.05) is 55.6 Å².